The highest BCUT2D eigenvalue weighted by Gasteiger charge is 2.08. The Balaban J connectivity index is 1.28. The fourth-order valence-corrected chi connectivity index (χ4v) is 3.72. The molecule has 7 nitrogen and oxygen atoms in total. The molecule has 3 heterocycles. The number of nitrogens with one attached hydrogen (secondary N) is 4. The van der Waals surface area contributed by atoms with Gasteiger partial charge in [-0.25, -0.2) is 4.98 Å². The molecule has 156 valence electrons. The first kappa shape index (κ1) is 19.0. The second-order valence-corrected chi connectivity index (χ2v) is 7.53. The molecule has 0 fully saturated rings. The van der Waals surface area contributed by atoms with E-state index in [0.717, 1.165) is 52.2 Å². The number of aromatic amines is 2. The van der Waals surface area contributed by atoms with E-state index in [1.165, 1.54) is 10.9 Å². The molecule has 0 radical (unpaired) electrons. The summed E-state index contributed by atoms with van der Waals surface area (Å²) < 4.78 is 5.35. The molecule has 0 aliphatic rings. The van der Waals surface area contributed by atoms with Gasteiger partial charge in [-0.05, 0) is 61.4 Å². The number of rotatable bonds is 7. The molecule has 31 heavy (non-hydrogen) atoms. The standard InChI is InChI=1S/C24H24N6O/c1-15-13-28-24(30-23(15)29-18-3-5-21-16(11-18)7-9-25-21)26-10-8-17-14-27-22-6-4-19(31-2)12-20(17)22/h3-7,9,11-14,25,27H,8,10H2,1-2H3,(H2,26,28,29,30). The van der Waals surface area contributed by atoms with Crippen LogP contribution in [0.15, 0.2) is 61.1 Å². The summed E-state index contributed by atoms with van der Waals surface area (Å²) >= 11 is 0. The van der Waals surface area contributed by atoms with Crippen LogP contribution in [0.3, 0.4) is 0 Å². The SMILES string of the molecule is COc1ccc2[nH]cc(CCNc3ncc(C)c(Nc4ccc5[nH]ccc5c4)n3)c2c1. The van der Waals surface area contributed by atoms with Crippen LogP contribution in [0, 0.1) is 6.92 Å². The van der Waals surface area contributed by atoms with Crippen LogP contribution in [0.1, 0.15) is 11.1 Å². The normalized spacial score (nSPS) is 11.2. The van der Waals surface area contributed by atoms with Crippen molar-refractivity contribution in [2.24, 2.45) is 0 Å². The van der Waals surface area contributed by atoms with Gasteiger partial charge in [-0.15, -0.1) is 0 Å². The van der Waals surface area contributed by atoms with Gasteiger partial charge in [-0.1, -0.05) is 0 Å². The maximum absolute atomic E-state index is 5.35. The van der Waals surface area contributed by atoms with Crippen LogP contribution >= 0.6 is 0 Å². The van der Waals surface area contributed by atoms with Crippen LogP contribution in [0.25, 0.3) is 21.8 Å². The van der Waals surface area contributed by atoms with Crippen molar-refractivity contribution in [1.82, 2.24) is 19.9 Å². The number of anilines is 3. The number of ether oxygens (including phenoxy) is 1. The molecule has 0 saturated carbocycles. The third kappa shape index (κ3) is 3.90. The molecule has 0 atom stereocenters. The van der Waals surface area contributed by atoms with Gasteiger partial charge in [0, 0.05) is 58.2 Å². The summed E-state index contributed by atoms with van der Waals surface area (Å²) in [5, 5.41) is 9.09. The highest BCUT2D eigenvalue weighted by atomic mass is 16.5. The van der Waals surface area contributed by atoms with Gasteiger partial charge in [0.25, 0.3) is 0 Å². The van der Waals surface area contributed by atoms with Crippen LogP contribution in [0.5, 0.6) is 5.75 Å². The first-order valence-electron chi connectivity index (χ1n) is 10.3. The van der Waals surface area contributed by atoms with Crippen LogP contribution in [0.2, 0.25) is 0 Å². The minimum atomic E-state index is 0.605. The lowest BCUT2D eigenvalue weighted by Gasteiger charge is -2.11. The number of benzene rings is 2. The van der Waals surface area contributed by atoms with E-state index in [2.05, 4.69) is 54.8 Å². The van der Waals surface area contributed by atoms with E-state index in [0.29, 0.717) is 5.95 Å². The lowest BCUT2D eigenvalue weighted by molar-refractivity contribution is 0.415. The largest absolute Gasteiger partial charge is 0.497 e. The number of nitrogens with zero attached hydrogens (tertiary/aromatic N) is 2. The average Bonchev–Trinajstić information content (AvgIpc) is 3.42. The molecular formula is C24H24N6O. The maximum Gasteiger partial charge on any atom is 0.224 e. The Morgan fingerprint density at radius 1 is 1.03 bits per heavy atom. The Bertz CT molecular complexity index is 1350. The Morgan fingerprint density at radius 3 is 2.84 bits per heavy atom. The Morgan fingerprint density at radius 2 is 1.94 bits per heavy atom. The van der Waals surface area contributed by atoms with Crippen molar-refractivity contribution in [3.63, 3.8) is 0 Å². The highest BCUT2D eigenvalue weighted by Crippen LogP contribution is 2.25. The Labute approximate surface area is 179 Å². The molecule has 0 aliphatic carbocycles. The minimum Gasteiger partial charge on any atom is -0.497 e. The van der Waals surface area contributed by atoms with E-state index >= 15 is 0 Å². The molecule has 2 aromatic carbocycles. The number of H-pyrrole nitrogens is 2. The summed E-state index contributed by atoms with van der Waals surface area (Å²) in [6.45, 7) is 2.72. The van der Waals surface area contributed by atoms with Gasteiger partial charge in [-0.2, -0.15) is 4.98 Å². The van der Waals surface area contributed by atoms with Crippen LogP contribution in [0.4, 0.5) is 17.5 Å². The molecule has 4 N–H and O–H groups in total. The number of hydrogen-bond donors (Lipinski definition) is 4. The van der Waals surface area contributed by atoms with E-state index < -0.39 is 0 Å². The van der Waals surface area contributed by atoms with E-state index in [1.807, 2.05) is 43.7 Å². The topological polar surface area (TPSA) is 90.6 Å². The molecule has 5 rings (SSSR count). The molecule has 0 amide bonds. The smallest absolute Gasteiger partial charge is 0.224 e. The van der Waals surface area contributed by atoms with E-state index in [-0.39, 0.29) is 0 Å². The Kier molecular flexibility index (Phi) is 4.92. The number of hydrogen-bond acceptors (Lipinski definition) is 5. The molecule has 7 heteroatoms. The average molecular weight is 412 g/mol. The van der Waals surface area contributed by atoms with Crippen molar-refractivity contribution >= 4 is 39.3 Å². The predicted octanol–water partition coefficient (Wildman–Crippen LogP) is 5.15. The van der Waals surface area contributed by atoms with Gasteiger partial charge in [-0.3, -0.25) is 0 Å². The van der Waals surface area contributed by atoms with Gasteiger partial charge < -0.3 is 25.3 Å². The second kappa shape index (κ2) is 8.02. The fraction of sp³-hybridized carbons (Fsp3) is 0.167. The van der Waals surface area contributed by atoms with Crippen molar-refractivity contribution < 1.29 is 4.74 Å². The van der Waals surface area contributed by atoms with Crippen molar-refractivity contribution in [1.29, 1.82) is 0 Å². The first-order valence-corrected chi connectivity index (χ1v) is 10.3. The lowest BCUT2D eigenvalue weighted by atomic mass is 10.1. The van der Waals surface area contributed by atoms with Crippen LogP contribution in [-0.2, 0) is 6.42 Å². The summed E-state index contributed by atoms with van der Waals surface area (Å²) in [6, 6.07) is 14.3. The van der Waals surface area contributed by atoms with Gasteiger partial charge in [0.2, 0.25) is 5.95 Å². The quantitative estimate of drug-likeness (QED) is 0.297. The van der Waals surface area contributed by atoms with Crippen LogP contribution < -0.4 is 15.4 Å². The van der Waals surface area contributed by atoms with Crippen molar-refractivity contribution in [2.75, 3.05) is 24.3 Å². The molecule has 0 unspecified atom stereocenters. The summed E-state index contributed by atoms with van der Waals surface area (Å²) in [6.07, 6.45) is 6.67. The van der Waals surface area contributed by atoms with Crippen molar-refractivity contribution in [2.45, 2.75) is 13.3 Å². The van der Waals surface area contributed by atoms with Gasteiger partial charge in [0.05, 0.1) is 7.11 Å². The fourth-order valence-electron chi connectivity index (χ4n) is 3.72. The van der Waals surface area contributed by atoms with E-state index in [4.69, 9.17) is 4.74 Å². The molecule has 0 saturated heterocycles. The second-order valence-electron chi connectivity index (χ2n) is 7.53. The van der Waals surface area contributed by atoms with Crippen LogP contribution in [-0.4, -0.2) is 33.6 Å². The zero-order chi connectivity index (χ0) is 21.2. The number of fused-ring (bicyclic) bond motifs is 2. The van der Waals surface area contributed by atoms with Crippen molar-refractivity contribution in [3.05, 3.63) is 72.2 Å². The van der Waals surface area contributed by atoms with E-state index in [1.54, 1.807) is 7.11 Å². The molecule has 5 aromatic rings. The minimum absolute atomic E-state index is 0.605. The van der Waals surface area contributed by atoms with E-state index in [9.17, 15) is 0 Å². The monoisotopic (exact) mass is 412 g/mol. The third-order valence-electron chi connectivity index (χ3n) is 5.44. The van der Waals surface area contributed by atoms with Gasteiger partial charge >= 0.3 is 0 Å². The summed E-state index contributed by atoms with van der Waals surface area (Å²) in [4.78, 5) is 15.6. The summed E-state index contributed by atoms with van der Waals surface area (Å²) in [5.41, 5.74) is 5.43. The molecular weight excluding hydrogens is 388 g/mol. The highest BCUT2D eigenvalue weighted by molar-refractivity contribution is 5.85. The Hall–Kier alpha value is -4.00. The zero-order valence-corrected chi connectivity index (χ0v) is 17.5. The molecule has 3 aromatic heterocycles. The van der Waals surface area contributed by atoms with Gasteiger partial charge in [0.1, 0.15) is 11.6 Å². The third-order valence-corrected chi connectivity index (χ3v) is 5.44. The number of aromatic nitrogens is 4. The number of aryl methyl sites for hydroxylation is 1. The molecule has 0 spiro atoms. The van der Waals surface area contributed by atoms with Crippen molar-refractivity contribution in [3.8, 4) is 5.75 Å². The lowest BCUT2D eigenvalue weighted by Crippen LogP contribution is -2.09. The summed E-state index contributed by atoms with van der Waals surface area (Å²) in [7, 11) is 1.69. The van der Waals surface area contributed by atoms with Gasteiger partial charge in [0.15, 0.2) is 0 Å². The predicted molar refractivity (Wildman–Crippen MR) is 125 cm³/mol. The maximum atomic E-state index is 5.35. The number of methoxy groups -OCH3 is 1. The first-order chi connectivity index (χ1) is 15.2. The summed E-state index contributed by atoms with van der Waals surface area (Å²) in [5.74, 6) is 2.26. The molecule has 0 aliphatic heterocycles. The zero-order valence-electron chi connectivity index (χ0n) is 17.5. The molecule has 0 bridgehead atoms.